The third-order valence-corrected chi connectivity index (χ3v) is 3.26. The second kappa shape index (κ2) is 4.97. The van der Waals surface area contributed by atoms with Crippen LogP contribution in [0.4, 0.5) is 0 Å². The van der Waals surface area contributed by atoms with Crippen LogP contribution in [0.5, 0.6) is 0 Å². The summed E-state index contributed by atoms with van der Waals surface area (Å²) in [5.41, 5.74) is 2.39. The summed E-state index contributed by atoms with van der Waals surface area (Å²) in [5, 5.41) is 14.1. The summed E-state index contributed by atoms with van der Waals surface area (Å²) in [6, 6.07) is 2.17. The maximum Gasteiger partial charge on any atom is 0.0667 e. The molecule has 0 bridgehead atoms. The van der Waals surface area contributed by atoms with Gasteiger partial charge in [-0.15, -0.1) is 0 Å². The van der Waals surface area contributed by atoms with Gasteiger partial charge in [0.25, 0.3) is 0 Å². The molecule has 16 heavy (non-hydrogen) atoms. The van der Waals surface area contributed by atoms with Gasteiger partial charge in [-0.25, -0.2) is 0 Å². The molecule has 0 spiro atoms. The highest BCUT2D eigenvalue weighted by molar-refractivity contribution is 5.10. The van der Waals surface area contributed by atoms with E-state index in [2.05, 4.69) is 23.0 Å². The van der Waals surface area contributed by atoms with Crippen LogP contribution in [0, 0.1) is 0 Å². The van der Waals surface area contributed by atoms with Gasteiger partial charge in [0.05, 0.1) is 17.5 Å². The van der Waals surface area contributed by atoms with E-state index in [1.807, 2.05) is 11.7 Å². The number of piperidine rings is 1. The van der Waals surface area contributed by atoms with Gasteiger partial charge in [-0.05, 0) is 31.9 Å². The van der Waals surface area contributed by atoms with Crippen molar-refractivity contribution in [2.75, 3.05) is 13.1 Å². The lowest BCUT2D eigenvalue weighted by Crippen LogP contribution is -2.38. The fourth-order valence-electron chi connectivity index (χ4n) is 2.30. The Bertz CT molecular complexity index is 348. The van der Waals surface area contributed by atoms with Crippen molar-refractivity contribution in [2.45, 2.75) is 38.8 Å². The SMILES string of the molecule is CCc1cc(CN2CCCC(O)C2)n(C)n1. The van der Waals surface area contributed by atoms with E-state index < -0.39 is 0 Å². The van der Waals surface area contributed by atoms with Gasteiger partial charge in [0.2, 0.25) is 0 Å². The molecule has 1 aliphatic heterocycles. The highest BCUT2D eigenvalue weighted by Crippen LogP contribution is 2.14. The molecule has 0 aliphatic carbocycles. The Morgan fingerprint density at radius 1 is 1.56 bits per heavy atom. The first-order valence-corrected chi connectivity index (χ1v) is 6.11. The summed E-state index contributed by atoms with van der Waals surface area (Å²) < 4.78 is 1.96. The van der Waals surface area contributed by atoms with Crippen molar-refractivity contribution in [1.29, 1.82) is 0 Å². The molecule has 1 aliphatic rings. The van der Waals surface area contributed by atoms with Gasteiger partial charge in [0.15, 0.2) is 0 Å². The summed E-state index contributed by atoms with van der Waals surface area (Å²) in [5.74, 6) is 0. The molecule has 1 aromatic heterocycles. The molecule has 1 N–H and O–H groups in total. The lowest BCUT2D eigenvalue weighted by molar-refractivity contribution is 0.0656. The fourth-order valence-corrected chi connectivity index (χ4v) is 2.30. The monoisotopic (exact) mass is 223 g/mol. The zero-order chi connectivity index (χ0) is 11.5. The molecule has 0 saturated carbocycles. The number of rotatable bonds is 3. The Morgan fingerprint density at radius 3 is 3.00 bits per heavy atom. The standard InChI is InChI=1S/C12H21N3O/c1-3-10-7-11(14(2)13-10)8-15-6-4-5-12(16)9-15/h7,12,16H,3-6,8-9H2,1-2H3. The summed E-state index contributed by atoms with van der Waals surface area (Å²) >= 11 is 0. The van der Waals surface area contributed by atoms with Gasteiger partial charge in [0.1, 0.15) is 0 Å². The van der Waals surface area contributed by atoms with E-state index in [1.165, 1.54) is 5.69 Å². The largest absolute Gasteiger partial charge is 0.392 e. The van der Waals surface area contributed by atoms with E-state index in [0.717, 1.165) is 44.6 Å². The first kappa shape index (κ1) is 11.6. The minimum atomic E-state index is -0.146. The van der Waals surface area contributed by atoms with Crippen LogP contribution in [-0.4, -0.2) is 39.0 Å². The van der Waals surface area contributed by atoms with Crippen LogP contribution in [0.25, 0.3) is 0 Å². The zero-order valence-corrected chi connectivity index (χ0v) is 10.2. The smallest absolute Gasteiger partial charge is 0.0667 e. The summed E-state index contributed by atoms with van der Waals surface area (Å²) in [7, 11) is 1.99. The first-order chi connectivity index (χ1) is 7.69. The van der Waals surface area contributed by atoms with Crippen molar-refractivity contribution in [3.63, 3.8) is 0 Å². The van der Waals surface area contributed by atoms with Gasteiger partial charge < -0.3 is 5.11 Å². The summed E-state index contributed by atoms with van der Waals surface area (Å²) in [6.07, 6.45) is 2.88. The molecule has 1 aromatic rings. The Kier molecular flexibility index (Phi) is 3.61. The molecule has 1 unspecified atom stereocenters. The fraction of sp³-hybridized carbons (Fsp3) is 0.750. The number of β-amino-alcohol motifs (C(OH)–C–C–N with tert-alkyl or cyclic N) is 1. The minimum absolute atomic E-state index is 0.146. The number of nitrogens with zero attached hydrogens (tertiary/aromatic N) is 3. The van der Waals surface area contributed by atoms with Crippen LogP contribution in [0.3, 0.4) is 0 Å². The highest BCUT2D eigenvalue weighted by atomic mass is 16.3. The molecule has 0 aromatic carbocycles. The number of hydrogen-bond donors (Lipinski definition) is 1. The van der Waals surface area contributed by atoms with Gasteiger partial charge in [-0.1, -0.05) is 6.92 Å². The van der Waals surface area contributed by atoms with Crippen LogP contribution in [-0.2, 0) is 20.0 Å². The maximum absolute atomic E-state index is 9.61. The van der Waals surface area contributed by atoms with E-state index in [0.29, 0.717) is 0 Å². The maximum atomic E-state index is 9.61. The molecular formula is C12H21N3O. The zero-order valence-electron chi connectivity index (χ0n) is 10.2. The van der Waals surface area contributed by atoms with E-state index in [-0.39, 0.29) is 6.10 Å². The van der Waals surface area contributed by atoms with Crippen molar-refractivity contribution >= 4 is 0 Å². The molecule has 2 heterocycles. The number of aryl methyl sites for hydroxylation is 2. The van der Waals surface area contributed by atoms with Crippen molar-refractivity contribution < 1.29 is 5.11 Å². The average Bonchev–Trinajstić information content (AvgIpc) is 2.60. The molecule has 2 rings (SSSR count). The number of aliphatic hydroxyl groups excluding tert-OH is 1. The number of likely N-dealkylation sites (tertiary alicyclic amines) is 1. The Hall–Kier alpha value is -0.870. The quantitative estimate of drug-likeness (QED) is 0.829. The minimum Gasteiger partial charge on any atom is -0.392 e. The number of aliphatic hydroxyl groups is 1. The second-order valence-electron chi connectivity index (χ2n) is 4.64. The van der Waals surface area contributed by atoms with Crippen molar-refractivity contribution in [1.82, 2.24) is 14.7 Å². The molecule has 0 radical (unpaired) electrons. The van der Waals surface area contributed by atoms with Gasteiger partial charge in [-0.3, -0.25) is 9.58 Å². The van der Waals surface area contributed by atoms with Crippen LogP contribution < -0.4 is 0 Å². The van der Waals surface area contributed by atoms with Gasteiger partial charge in [-0.2, -0.15) is 5.10 Å². The molecule has 4 nitrogen and oxygen atoms in total. The molecule has 4 heteroatoms. The van der Waals surface area contributed by atoms with Gasteiger partial charge in [0, 0.05) is 20.1 Å². The lowest BCUT2D eigenvalue weighted by atomic mass is 10.1. The van der Waals surface area contributed by atoms with E-state index in [9.17, 15) is 5.11 Å². The third kappa shape index (κ3) is 2.62. The average molecular weight is 223 g/mol. The highest BCUT2D eigenvalue weighted by Gasteiger charge is 2.18. The molecule has 1 atom stereocenters. The van der Waals surface area contributed by atoms with Crippen LogP contribution in [0.2, 0.25) is 0 Å². The topological polar surface area (TPSA) is 41.3 Å². The molecule has 90 valence electrons. The van der Waals surface area contributed by atoms with E-state index in [1.54, 1.807) is 0 Å². The van der Waals surface area contributed by atoms with E-state index in [4.69, 9.17) is 0 Å². The lowest BCUT2D eigenvalue weighted by Gasteiger charge is -2.29. The molecule has 1 saturated heterocycles. The van der Waals surface area contributed by atoms with Crippen molar-refractivity contribution in [2.24, 2.45) is 7.05 Å². The molecular weight excluding hydrogens is 202 g/mol. The third-order valence-electron chi connectivity index (χ3n) is 3.26. The summed E-state index contributed by atoms with van der Waals surface area (Å²) in [4.78, 5) is 2.31. The van der Waals surface area contributed by atoms with Crippen LogP contribution >= 0.6 is 0 Å². The predicted molar refractivity (Wildman–Crippen MR) is 63.1 cm³/mol. The number of aromatic nitrogens is 2. The van der Waals surface area contributed by atoms with E-state index >= 15 is 0 Å². The first-order valence-electron chi connectivity index (χ1n) is 6.11. The normalized spacial score (nSPS) is 22.6. The summed E-state index contributed by atoms with van der Waals surface area (Å²) in [6.45, 7) is 4.91. The Balaban J connectivity index is 1.99. The van der Waals surface area contributed by atoms with Gasteiger partial charge >= 0.3 is 0 Å². The Morgan fingerprint density at radius 2 is 2.38 bits per heavy atom. The van der Waals surface area contributed by atoms with Crippen LogP contribution in [0.1, 0.15) is 31.2 Å². The molecule has 1 fully saturated rings. The van der Waals surface area contributed by atoms with Crippen molar-refractivity contribution in [3.8, 4) is 0 Å². The van der Waals surface area contributed by atoms with Crippen molar-refractivity contribution in [3.05, 3.63) is 17.5 Å². The number of hydrogen-bond acceptors (Lipinski definition) is 3. The van der Waals surface area contributed by atoms with Crippen LogP contribution in [0.15, 0.2) is 6.07 Å². The second-order valence-corrected chi connectivity index (χ2v) is 4.64. The predicted octanol–water partition coefficient (Wildman–Crippen LogP) is 0.939. The molecule has 0 amide bonds. The Labute approximate surface area is 96.9 Å².